The van der Waals surface area contributed by atoms with E-state index in [1.54, 1.807) is 11.0 Å². The van der Waals surface area contributed by atoms with Crippen molar-refractivity contribution in [3.63, 3.8) is 0 Å². The lowest BCUT2D eigenvalue weighted by molar-refractivity contribution is -0.124. The molecule has 1 aromatic rings. The molecule has 1 amide bonds. The van der Waals surface area contributed by atoms with E-state index in [1.807, 2.05) is 6.92 Å². The molecule has 2 heterocycles. The van der Waals surface area contributed by atoms with Crippen LogP contribution < -0.4 is 10.6 Å². The number of carbonyl (C=O) groups excluding carboxylic acids is 1. The molecule has 0 saturated carbocycles. The second-order valence-corrected chi connectivity index (χ2v) is 5.36. The molecule has 1 aromatic heterocycles. The highest BCUT2D eigenvalue weighted by atomic mass is 16.2. The molecule has 1 aliphatic heterocycles. The van der Waals surface area contributed by atoms with Crippen LogP contribution in [0.2, 0.25) is 0 Å². The molecular formula is C12H21N5O. The van der Waals surface area contributed by atoms with E-state index in [0.717, 1.165) is 19.5 Å². The van der Waals surface area contributed by atoms with Crippen LogP contribution >= 0.6 is 0 Å². The molecule has 100 valence electrons. The first-order valence-corrected chi connectivity index (χ1v) is 6.43. The minimum atomic E-state index is -0.312. The molecule has 2 atom stereocenters. The zero-order valence-corrected chi connectivity index (χ0v) is 11.0. The first kappa shape index (κ1) is 13.0. The number of hydrogen-bond acceptors (Lipinski definition) is 4. The molecule has 2 rings (SSSR count). The monoisotopic (exact) mass is 251 g/mol. The normalized spacial score (nSPS) is 25.7. The Balaban J connectivity index is 1.84. The SMILES string of the molecule is CC(C(=O)NCC1(C)CCCNC1)n1cncn1. The van der Waals surface area contributed by atoms with Gasteiger partial charge in [0.1, 0.15) is 18.7 Å². The van der Waals surface area contributed by atoms with Gasteiger partial charge < -0.3 is 10.6 Å². The third kappa shape index (κ3) is 3.07. The standard InChI is InChI=1S/C12H21N5O/c1-10(17-9-14-8-16-17)11(18)15-7-12(2)4-3-5-13-6-12/h8-10,13H,3-7H2,1-2H3,(H,15,18). The van der Waals surface area contributed by atoms with E-state index in [9.17, 15) is 4.79 Å². The summed E-state index contributed by atoms with van der Waals surface area (Å²) in [5, 5.41) is 10.4. The average Bonchev–Trinajstić information content (AvgIpc) is 2.90. The van der Waals surface area contributed by atoms with Crippen molar-refractivity contribution in [1.29, 1.82) is 0 Å². The molecule has 0 radical (unpaired) electrons. The second-order valence-electron chi connectivity index (χ2n) is 5.36. The Labute approximate surface area is 107 Å². The number of hydrogen-bond donors (Lipinski definition) is 2. The highest BCUT2D eigenvalue weighted by Gasteiger charge is 2.28. The van der Waals surface area contributed by atoms with Gasteiger partial charge in [0.25, 0.3) is 0 Å². The van der Waals surface area contributed by atoms with Gasteiger partial charge in [-0.05, 0) is 31.7 Å². The van der Waals surface area contributed by atoms with Gasteiger partial charge in [-0.2, -0.15) is 5.10 Å². The zero-order chi connectivity index (χ0) is 13.0. The fourth-order valence-electron chi connectivity index (χ4n) is 2.26. The van der Waals surface area contributed by atoms with Gasteiger partial charge in [-0.25, -0.2) is 9.67 Å². The van der Waals surface area contributed by atoms with Crippen molar-refractivity contribution in [2.24, 2.45) is 5.41 Å². The summed E-state index contributed by atoms with van der Waals surface area (Å²) in [5.41, 5.74) is 0.163. The number of amides is 1. The molecule has 2 N–H and O–H groups in total. The molecule has 0 spiro atoms. The Kier molecular flexibility index (Phi) is 3.96. The first-order chi connectivity index (χ1) is 8.61. The molecule has 1 saturated heterocycles. The van der Waals surface area contributed by atoms with Gasteiger partial charge in [-0.3, -0.25) is 4.79 Å². The second kappa shape index (κ2) is 5.48. The third-order valence-electron chi connectivity index (χ3n) is 3.59. The Bertz CT molecular complexity index is 383. The Morgan fingerprint density at radius 2 is 2.50 bits per heavy atom. The smallest absolute Gasteiger partial charge is 0.244 e. The van der Waals surface area contributed by atoms with Crippen LogP contribution in [0.4, 0.5) is 0 Å². The van der Waals surface area contributed by atoms with Crippen LogP contribution in [0.25, 0.3) is 0 Å². The maximum absolute atomic E-state index is 12.0. The largest absolute Gasteiger partial charge is 0.354 e. The predicted molar refractivity (Wildman–Crippen MR) is 68.0 cm³/mol. The molecule has 1 aliphatic rings. The Morgan fingerprint density at radius 1 is 1.67 bits per heavy atom. The summed E-state index contributed by atoms with van der Waals surface area (Å²) in [7, 11) is 0. The van der Waals surface area contributed by atoms with Crippen LogP contribution in [-0.2, 0) is 4.79 Å². The van der Waals surface area contributed by atoms with Gasteiger partial charge >= 0.3 is 0 Å². The van der Waals surface area contributed by atoms with Crippen molar-refractivity contribution < 1.29 is 4.79 Å². The molecule has 18 heavy (non-hydrogen) atoms. The number of rotatable bonds is 4. The van der Waals surface area contributed by atoms with Gasteiger partial charge in [-0.1, -0.05) is 6.92 Å². The number of carbonyl (C=O) groups is 1. The molecule has 6 heteroatoms. The first-order valence-electron chi connectivity index (χ1n) is 6.43. The summed E-state index contributed by atoms with van der Waals surface area (Å²) in [6.45, 7) is 6.78. The lowest BCUT2D eigenvalue weighted by atomic mass is 9.83. The maximum atomic E-state index is 12.0. The molecular weight excluding hydrogens is 230 g/mol. The van der Waals surface area contributed by atoms with E-state index in [0.29, 0.717) is 6.54 Å². The minimum Gasteiger partial charge on any atom is -0.354 e. The summed E-state index contributed by atoms with van der Waals surface area (Å²) in [6.07, 6.45) is 5.33. The lowest BCUT2D eigenvalue weighted by Crippen LogP contribution is -2.46. The average molecular weight is 251 g/mol. The number of nitrogens with one attached hydrogen (secondary N) is 2. The molecule has 6 nitrogen and oxygen atoms in total. The predicted octanol–water partition coefficient (Wildman–Crippen LogP) is 0.345. The molecule has 2 unspecified atom stereocenters. The summed E-state index contributed by atoms with van der Waals surface area (Å²) in [5.74, 6) is -0.00713. The van der Waals surface area contributed by atoms with Crippen molar-refractivity contribution in [3.05, 3.63) is 12.7 Å². The van der Waals surface area contributed by atoms with E-state index in [2.05, 4.69) is 27.6 Å². The van der Waals surface area contributed by atoms with Gasteiger partial charge in [0.05, 0.1) is 0 Å². The lowest BCUT2D eigenvalue weighted by Gasteiger charge is -2.34. The third-order valence-corrected chi connectivity index (χ3v) is 3.59. The van der Waals surface area contributed by atoms with E-state index in [4.69, 9.17) is 0 Å². The maximum Gasteiger partial charge on any atom is 0.244 e. The van der Waals surface area contributed by atoms with Crippen LogP contribution in [0, 0.1) is 5.41 Å². The molecule has 0 aromatic carbocycles. The van der Waals surface area contributed by atoms with Crippen LogP contribution in [0.3, 0.4) is 0 Å². The van der Waals surface area contributed by atoms with Crippen LogP contribution in [0.1, 0.15) is 32.7 Å². The van der Waals surface area contributed by atoms with Crippen molar-refractivity contribution in [2.45, 2.75) is 32.7 Å². The number of piperidine rings is 1. The van der Waals surface area contributed by atoms with Crippen molar-refractivity contribution >= 4 is 5.91 Å². The summed E-state index contributed by atoms with van der Waals surface area (Å²) in [4.78, 5) is 15.9. The molecule has 0 bridgehead atoms. The van der Waals surface area contributed by atoms with Gasteiger partial charge in [0, 0.05) is 13.1 Å². The highest BCUT2D eigenvalue weighted by Crippen LogP contribution is 2.24. The van der Waals surface area contributed by atoms with Crippen LogP contribution in [0.5, 0.6) is 0 Å². The van der Waals surface area contributed by atoms with Crippen LogP contribution in [0.15, 0.2) is 12.7 Å². The number of aromatic nitrogens is 3. The fraction of sp³-hybridized carbons (Fsp3) is 0.750. The summed E-state index contributed by atoms with van der Waals surface area (Å²) >= 11 is 0. The van der Waals surface area contributed by atoms with Gasteiger partial charge in [-0.15, -0.1) is 0 Å². The van der Waals surface area contributed by atoms with E-state index >= 15 is 0 Å². The summed E-state index contributed by atoms with van der Waals surface area (Å²) in [6, 6.07) is -0.312. The quantitative estimate of drug-likeness (QED) is 0.809. The topological polar surface area (TPSA) is 71.8 Å². The van der Waals surface area contributed by atoms with E-state index < -0.39 is 0 Å². The van der Waals surface area contributed by atoms with Crippen molar-refractivity contribution in [1.82, 2.24) is 25.4 Å². The fourth-order valence-corrected chi connectivity index (χ4v) is 2.26. The van der Waals surface area contributed by atoms with Gasteiger partial charge in [0.15, 0.2) is 0 Å². The Hall–Kier alpha value is -1.43. The minimum absolute atomic E-state index is 0.00713. The number of nitrogens with zero attached hydrogens (tertiary/aromatic N) is 3. The van der Waals surface area contributed by atoms with E-state index in [1.165, 1.54) is 12.7 Å². The molecule has 0 aliphatic carbocycles. The highest BCUT2D eigenvalue weighted by molar-refractivity contribution is 5.79. The van der Waals surface area contributed by atoms with Crippen molar-refractivity contribution in [2.75, 3.05) is 19.6 Å². The van der Waals surface area contributed by atoms with Gasteiger partial charge in [0.2, 0.25) is 5.91 Å². The zero-order valence-electron chi connectivity index (χ0n) is 11.0. The van der Waals surface area contributed by atoms with E-state index in [-0.39, 0.29) is 17.4 Å². The summed E-state index contributed by atoms with van der Waals surface area (Å²) < 4.78 is 1.57. The van der Waals surface area contributed by atoms with Crippen molar-refractivity contribution in [3.8, 4) is 0 Å². The molecule has 1 fully saturated rings. The van der Waals surface area contributed by atoms with Crippen LogP contribution in [-0.4, -0.2) is 40.3 Å². The Morgan fingerprint density at radius 3 is 3.11 bits per heavy atom.